The molecule has 5 heteroatoms. The van der Waals surface area contributed by atoms with E-state index in [0.29, 0.717) is 19.4 Å². The first-order valence-corrected chi connectivity index (χ1v) is 6.82. The molecule has 0 heterocycles. The summed E-state index contributed by atoms with van der Waals surface area (Å²) in [7, 11) is 0. The summed E-state index contributed by atoms with van der Waals surface area (Å²) in [6, 6.07) is 7.89. The SMILES string of the molecule is CCc1ccc(OCCCC(=O)NCCC(=O)O)cc1. The molecule has 0 aliphatic heterocycles. The number of amides is 1. The van der Waals surface area contributed by atoms with E-state index in [1.54, 1.807) is 0 Å². The van der Waals surface area contributed by atoms with Crippen molar-refractivity contribution in [1.82, 2.24) is 5.32 Å². The molecular weight excluding hydrogens is 258 g/mol. The summed E-state index contributed by atoms with van der Waals surface area (Å²) in [6.45, 7) is 2.74. The number of aliphatic carboxylic acids is 1. The minimum Gasteiger partial charge on any atom is -0.494 e. The summed E-state index contributed by atoms with van der Waals surface area (Å²) in [5.41, 5.74) is 1.26. The van der Waals surface area contributed by atoms with E-state index in [-0.39, 0.29) is 18.9 Å². The molecule has 0 saturated heterocycles. The molecule has 0 aliphatic carbocycles. The van der Waals surface area contributed by atoms with Crippen LogP contribution in [0.15, 0.2) is 24.3 Å². The van der Waals surface area contributed by atoms with Crippen LogP contribution in [0.3, 0.4) is 0 Å². The number of carboxylic acids is 1. The second-order valence-electron chi connectivity index (χ2n) is 4.44. The molecule has 1 rings (SSSR count). The molecule has 1 amide bonds. The minimum atomic E-state index is -0.913. The van der Waals surface area contributed by atoms with Gasteiger partial charge in [0.15, 0.2) is 0 Å². The number of rotatable bonds is 9. The van der Waals surface area contributed by atoms with Crippen LogP contribution in [-0.2, 0) is 16.0 Å². The number of carbonyl (C=O) groups excluding carboxylic acids is 1. The molecule has 0 unspecified atom stereocenters. The third kappa shape index (κ3) is 6.78. The molecule has 0 aliphatic rings. The molecule has 20 heavy (non-hydrogen) atoms. The molecular formula is C15H21NO4. The Morgan fingerprint density at radius 3 is 2.50 bits per heavy atom. The standard InChI is InChI=1S/C15H21NO4/c1-2-12-5-7-13(8-6-12)20-11-3-4-14(17)16-10-9-15(18)19/h5-8H,2-4,9-11H2,1H3,(H,16,17)(H,18,19). The van der Waals surface area contributed by atoms with Gasteiger partial charge in [-0.1, -0.05) is 19.1 Å². The number of ether oxygens (including phenoxy) is 1. The zero-order valence-corrected chi connectivity index (χ0v) is 11.7. The molecule has 1 aromatic rings. The van der Waals surface area contributed by atoms with E-state index in [1.807, 2.05) is 24.3 Å². The molecule has 2 N–H and O–H groups in total. The number of benzene rings is 1. The Morgan fingerprint density at radius 1 is 1.20 bits per heavy atom. The van der Waals surface area contributed by atoms with Gasteiger partial charge in [-0.15, -0.1) is 0 Å². The van der Waals surface area contributed by atoms with E-state index < -0.39 is 5.97 Å². The zero-order valence-electron chi connectivity index (χ0n) is 11.7. The number of aryl methyl sites for hydroxylation is 1. The molecule has 0 radical (unpaired) electrons. The van der Waals surface area contributed by atoms with E-state index in [1.165, 1.54) is 5.56 Å². The lowest BCUT2D eigenvalue weighted by Gasteiger charge is -2.07. The molecule has 110 valence electrons. The average Bonchev–Trinajstić information content (AvgIpc) is 2.44. The number of hydrogen-bond acceptors (Lipinski definition) is 3. The summed E-state index contributed by atoms with van der Waals surface area (Å²) in [5, 5.41) is 11.0. The van der Waals surface area contributed by atoms with Crippen molar-refractivity contribution in [3.63, 3.8) is 0 Å². The predicted molar refractivity (Wildman–Crippen MR) is 75.8 cm³/mol. The van der Waals surface area contributed by atoms with Gasteiger partial charge in [-0.3, -0.25) is 9.59 Å². The highest BCUT2D eigenvalue weighted by atomic mass is 16.5. The Morgan fingerprint density at radius 2 is 1.90 bits per heavy atom. The molecule has 0 atom stereocenters. The van der Waals surface area contributed by atoms with Gasteiger partial charge >= 0.3 is 5.97 Å². The van der Waals surface area contributed by atoms with E-state index in [9.17, 15) is 9.59 Å². The van der Waals surface area contributed by atoms with Crippen LogP contribution in [0.1, 0.15) is 31.7 Å². The van der Waals surface area contributed by atoms with Crippen LogP contribution in [0, 0.1) is 0 Å². The molecule has 0 spiro atoms. The van der Waals surface area contributed by atoms with E-state index >= 15 is 0 Å². The van der Waals surface area contributed by atoms with Crippen molar-refractivity contribution in [3.8, 4) is 5.75 Å². The third-order valence-electron chi connectivity index (χ3n) is 2.81. The van der Waals surface area contributed by atoms with E-state index in [4.69, 9.17) is 9.84 Å². The largest absolute Gasteiger partial charge is 0.494 e. The highest BCUT2D eigenvalue weighted by Crippen LogP contribution is 2.12. The predicted octanol–water partition coefficient (Wildman–Crippen LogP) is 2.00. The van der Waals surface area contributed by atoms with Gasteiger partial charge in [0.05, 0.1) is 13.0 Å². The maximum atomic E-state index is 11.4. The molecule has 1 aromatic carbocycles. The van der Waals surface area contributed by atoms with Gasteiger partial charge in [0.2, 0.25) is 5.91 Å². The fraction of sp³-hybridized carbons (Fsp3) is 0.467. The minimum absolute atomic E-state index is 0.0496. The molecule has 0 fully saturated rings. The Balaban J connectivity index is 2.11. The van der Waals surface area contributed by atoms with Crippen LogP contribution >= 0.6 is 0 Å². The summed E-state index contributed by atoms with van der Waals surface area (Å²) >= 11 is 0. The van der Waals surface area contributed by atoms with Gasteiger partial charge in [0.1, 0.15) is 5.75 Å². The van der Waals surface area contributed by atoms with Gasteiger partial charge in [-0.05, 0) is 30.5 Å². The Kier molecular flexibility index (Phi) is 7.17. The second kappa shape index (κ2) is 8.96. The lowest BCUT2D eigenvalue weighted by molar-refractivity contribution is -0.136. The fourth-order valence-electron chi connectivity index (χ4n) is 1.64. The van der Waals surface area contributed by atoms with E-state index in [0.717, 1.165) is 12.2 Å². The highest BCUT2D eigenvalue weighted by Gasteiger charge is 2.03. The van der Waals surface area contributed by atoms with Crippen molar-refractivity contribution in [3.05, 3.63) is 29.8 Å². The van der Waals surface area contributed by atoms with Gasteiger partial charge in [-0.25, -0.2) is 0 Å². The first kappa shape index (κ1) is 16.0. The second-order valence-corrected chi connectivity index (χ2v) is 4.44. The maximum Gasteiger partial charge on any atom is 0.305 e. The Bertz CT molecular complexity index is 428. The number of carboxylic acid groups (broad SMARTS) is 1. The van der Waals surface area contributed by atoms with Crippen molar-refractivity contribution in [2.45, 2.75) is 32.6 Å². The van der Waals surface area contributed by atoms with E-state index in [2.05, 4.69) is 12.2 Å². The van der Waals surface area contributed by atoms with Crippen LogP contribution < -0.4 is 10.1 Å². The van der Waals surface area contributed by atoms with Crippen LogP contribution in [0.2, 0.25) is 0 Å². The molecule has 0 aromatic heterocycles. The van der Waals surface area contributed by atoms with Gasteiger partial charge in [0, 0.05) is 13.0 Å². The lowest BCUT2D eigenvalue weighted by Crippen LogP contribution is -2.26. The average molecular weight is 279 g/mol. The van der Waals surface area contributed by atoms with Gasteiger partial charge in [-0.2, -0.15) is 0 Å². The fourth-order valence-corrected chi connectivity index (χ4v) is 1.64. The molecule has 5 nitrogen and oxygen atoms in total. The normalized spacial score (nSPS) is 10.1. The first-order valence-electron chi connectivity index (χ1n) is 6.82. The lowest BCUT2D eigenvalue weighted by atomic mass is 10.2. The van der Waals surface area contributed by atoms with Crippen molar-refractivity contribution in [2.75, 3.05) is 13.2 Å². The number of hydrogen-bond donors (Lipinski definition) is 2. The summed E-state index contributed by atoms with van der Waals surface area (Å²) in [4.78, 5) is 21.6. The van der Waals surface area contributed by atoms with Crippen LogP contribution in [-0.4, -0.2) is 30.1 Å². The Labute approximate surface area is 118 Å². The quantitative estimate of drug-likeness (QED) is 0.678. The summed E-state index contributed by atoms with van der Waals surface area (Å²) in [6.07, 6.45) is 1.89. The summed E-state index contributed by atoms with van der Waals surface area (Å²) < 4.78 is 5.52. The van der Waals surface area contributed by atoms with Crippen molar-refractivity contribution in [2.24, 2.45) is 0 Å². The van der Waals surface area contributed by atoms with Gasteiger partial charge in [0.25, 0.3) is 0 Å². The van der Waals surface area contributed by atoms with Crippen molar-refractivity contribution >= 4 is 11.9 Å². The van der Waals surface area contributed by atoms with Crippen LogP contribution in [0.4, 0.5) is 0 Å². The molecule has 0 bridgehead atoms. The smallest absolute Gasteiger partial charge is 0.305 e. The summed E-state index contributed by atoms with van der Waals surface area (Å²) in [5.74, 6) is -0.256. The first-order chi connectivity index (χ1) is 9.61. The molecule has 0 saturated carbocycles. The maximum absolute atomic E-state index is 11.4. The number of carbonyl (C=O) groups is 2. The van der Waals surface area contributed by atoms with Crippen LogP contribution in [0.25, 0.3) is 0 Å². The monoisotopic (exact) mass is 279 g/mol. The highest BCUT2D eigenvalue weighted by molar-refractivity contribution is 5.76. The van der Waals surface area contributed by atoms with Crippen LogP contribution in [0.5, 0.6) is 5.75 Å². The topological polar surface area (TPSA) is 75.6 Å². The van der Waals surface area contributed by atoms with Crippen molar-refractivity contribution in [1.29, 1.82) is 0 Å². The number of nitrogens with one attached hydrogen (secondary N) is 1. The van der Waals surface area contributed by atoms with Crippen molar-refractivity contribution < 1.29 is 19.4 Å². The Hall–Kier alpha value is -2.04. The van der Waals surface area contributed by atoms with Gasteiger partial charge < -0.3 is 15.2 Å². The zero-order chi connectivity index (χ0) is 14.8. The third-order valence-corrected chi connectivity index (χ3v) is 2.81.